The lowest BCUT2D eigenvalue weighted by Gasteiger charge is -2.04. The molecule has 2 heterocycles. The molecule has 1 atom stereocenters. The van der Waals surface area contributed by atoms with Gasteiger partial charge in [-0.2, -0.15) is 0 Å². The summed E-state index contributed by atoms with van der Waals surface area (Å²) in [4.78, 5) is 10.8. The van der Waals surface area contributed by atoms with Crippen LogP contribution < -0.4 is 0 Å². The van der Waals surface area contributed by atoms with Gasteiger partial charge in [-0.05, 0) is 6.42 Å². The number of rotatable bonds is 2. The SMILES string of the molecule is O=C(O)c1onc(Cl)c1C1CCS(=O)(=O)C1. The molecule has 1 aliphatic rings. The fraction of sp³-hybridized carbons (Fsp3) is 0.500. The molecule has 1 saturated heterocycles. The molecule has 16 heavy (non-hydrogen) atoms. The molecule has 1 aromatic rings. The number of hydrogen-bond donors (Lipinski definition) is 1. The minimum absolute atomic E-state index is 0.0399. The predicted octanol–water partition coefficient (Wildman–Crippen LogP) is 0.928. The van der Waals surface area contributed by atoms with Gasteiger partial charge in [0.15, 0.2) is 15.0 Å². The molecule has 0 radical (unpaired) electrons. The van der Waals surface area contributed by atoms with Crippen LogP contribution in [-0.2, 0) is 9.84 Å². The van der Waals surface area contributed by atoms with Crippen molar-refractivity contribution in [2.24, 2.45) is 0 Å². The number of carboxylic acid groups (broad SMARTS) is 1. The first-order valence-corrected chi connectivity index (χ1v) is 6.69. The maximum absolute atomic E-state index is 11.3. The van der Waals surface area contributed by atoms with Gasteiger partial charge in [-0.1, -0.05) is 16.8 Å². The molecule has 0 aromatic carbocycles. The monoisotopic (exact) mass is 265 g/mol. The molecule has 6 nitrogen and oxygen atoms in total. The van der Waals surface area contributed by atoms with Gasteiger partial charge in [-0.3, -0.25) is 0 Å². The topological polar surface area (TPSA) is 97.5 Å². The van der Waals surface area contributed by atoms with Crippen molar-refractivity contribution in [3.8, 4) is 0 Å². The fourth-order valence-electron chi connectivity index (χ4n) is 1.81. The van der Waals surface area contributed by atoms with Crippen LogP contribution in [0.25, 0.3) is 0 Å². The molecule has 0 saturated carbocycles. The fourth-order valence-corrected chi connectivity index (χ4v) is 3.84. The summed E-state index contributed by atoms with van der Waals surface area (Å²) in [5, 5.41) is 12.1. The van der Waals surface area contributed by atoms with Gasteiger partial charge in [-0.25, -0.2) is 13.2 Å². The van der Waals surface area contributed by atoms with Crippen molar-refractivity contribution in [1.29, 1.82) is 0 Å². The zero-order valence-electron chi connectivity index (χ0n) is 8.01. The van der Waals surface area contributed by atoms with Crippen LogP contribution in [0.1, 0.15) is 28.5 Å². The Morgan fingerprint density at radius 1 is 1.56 bits per heavy atom. The highest BCUT2D eigenvalue weighted by atomic mass is 35.5. The molecule has 8 heteroatoms. The highest BCUT2D eigenvalue weighted by Crippen LogP contribution is 2.35. The number of carbonyl (C=O) groups is 1. The smallest absolute Gasteiger partial charge is 0.375 e. The number of hydrogen-bond acceptors (Lipinski definition) is 5. The van der Waals surface area contributed by atoms with E-state index in [0.717, 1.165) is 0 Å². The third-order valence-corrected chi connectivity index (χ3v) is 4.56. The molecular weight excluding hydrogens is 258 g/mol. The van der Waals surface area contributed by atoms with E-state index in [2.05, 4.69) is 9.68 Å². The summed E-state index contributed by atoms with van der Waals surface area (Å²) in [6.45, 7) is 0. The lowest BCUT2D eigenvalue weighted by Crippen LogP contribution is -2.07. The second-order valence-electron chi connectivity index (χ2n) is 3.62. The first kappa shape index (κ1) is 11.4. The number of aromatic nitrogens is 1. The average Bonchev–Trinajstić information content (AvgIpc) is 2.69. The lowest BCUT2D eigenvalue weighted by molar-refractivity contribution is 0.0649. The van der Waals surface area contributed by atoms with Crippen LogP contribution in [-0.4, -0.2) is 36.2 Å². The summed E-state index contributed by atoms with van der Waals surface area (Å²) in [6, 6.07) is 0. The molecule has 0 spiro atoms. The molecule has 1 unspecified atom stereocenters. The Labute approximate surface area is 96.1 Å². The standard InChI is InChI=1S/C8H8ClNO5S/c9-7-5(6(8(11)12)15-10-7)4-1-2-16(13,14)3-4/h4H,1-3H2,(H,11,12). The number of halogens is 1. The van der Waals surface area contributed by atoms with Gasteiger partial charge in [-0.15, -0.1) is 0 Å². The van der Waals surface area contributed by atoms with Crippen LogP contribution in [0.2, 0.25) is 5.15 Å². The minimum atomic E-state index is -3.10. The van der Waals surface area contributed by atoms with Gasteiger partial charge in [0.1, 0.15) is 0 Å². The van der Waals surface area contributed by atoms with Gasteiger partial charge in [0.05, 0.1) is 17.1 Å². The molecule has 0 aliphatic carbocycles. The Bertz CT molecular complexity index is 535. The second-order valence-corrected chi connectivity index (χ2v) is 6.21. The van der Waals surface area contributed by atoms with E-state index in [-0.39, 0.29) is 28.0 Å². The number of sulfone groups is 1. The Kier molecular flexibility index (Phi) is 2.67. The van der Waals surface area contributed by atoms with Crippen LogP contribution in [0.3, 0.4) is 0 Å². The first-order chi connectivity index (χ1) is 7.41. The van der Waals surface area contributed by atoms with E-state index in [1.54, 1.807) is 0 Å². The van der Waals surface area contributed by atoms with Crippen molar-refractivity contribution in [2.75, 3.05) is 11.5 Å². The first-order valence-electron chi connectivity index (χ1n) is 4.49. The maximum Gasteiger partial charge on any atom is 0.375 e. The summed E-state index contributed by atoms with van der Waals surface area (Å²) >= 11 is 5.70. The summed E-state index contributed by atoms with van der Waals surface area (Å²) < 4.78 is 27.1. The molecule has 88 valence electrons. The van der Waals surface area contributed by atoms with E-state index in [1.165, 1.54) is 0 Å². The van der Waals surface area contributed by atoms with Crippen molar-refractivity contribution in [3.63, 3.8) is 0 Å². The molecular formula is C8H8ClNO5S. The highest BCUT2D eigenvalue weighted by Gasteiger charge is 2.35. The number of carboxylic acids is 1. The Hall–Kier alpha value is -1.08. The Morgan fingerprint density at radius 2 is 2.25 bits per heavy atom. The lowest BCUT2D eigenvalue weighted by atomic mass is 10.00. The van der Waals surface area contributed by atoms with Crippen LogP contribution in [0.5, 0.6) is 0 Å². The summed E-state index contributed by atoms with van der Waals surface area (Å²) in [6.07, 6.45) is 0.351. The summed E-state index contributed by atoms with van der Waals surface area (Å²) in [5.41, 5.74) is 0.190. The van der Waals surface area contributed by atoms with Crippen LogP contribution in [0.15, 0.2) is 4.52 Å². The van der Waals surface area contributed by atoms with Gasteiger partial charge >= 0.3 is 5.97 Å². The normalized spacial score (nSPS) is 23.4. The van der Waals surface area contributed by atoms with Crippen LogP contribution in [0, 0.1) is 0 Å². The van der Waals surface area contributed by atoms with E-state index >= 15 is 0 Å². The number of nitrogens with zero attached hydrogens (tertiary/aromatic N) is 1. The quantitative estimate of drug-likeness (QED) is 0.854. The Morgan fingerprint density at radius 3 is 2.75 bits per heavy atom. The van der Waals surface area contributed by atoms with Gasteiger partial charge in [0, 0.05) is 5.92 Å². The van der Waals surface area contributed by atoms with Crippen molar-refractivity contribution in [1.82, 2.24) is 5.16 Å². The third kappa shape index (κ3) is 1.92. The average molecular weight is 266 g/mol. The highest BCUT2D eigenvalue weighted by molar-refractivity contribution is 7.91. The third-order valence-electron chi connectivity index (χ3n) is 2.52. The van der Waals surface area contributed by atoms with Crippen LogP contribution >= 0.6 is 11.6 Å². The van der Waals surface area contributed by atoms with Gasteiger partial charge in [0.25, 0.3) is 0 Å². The van der Waals surface area contributed by atoms with E-state index < -0.39 is 21.7 Å². The van der Waals surface area contributed by atoms with E-state index in [4.69, 9.17) is 16.7 Å². The van der Waals surface area contributed by atoms with Crippen LogP contribution in [0.4, 0.5) is 0 Å². The molecule has 1 fully saturated rings. The zero-order valence-corrected chi connectivity index (χ0v) is 9.58. The number of aromatic carboxylic acids is 1. The maximum atomic E-state index is 11.3. The molecule has 0 amide bonds. The van der Waals surface area contributed by atoms with E-state index in [1.807, 2.05) is 0 Å². The van der Waals surface area contributed by atoms with Crippen molar-refractivity contribution >= 4 is 27.4 Å². The molecule has 0 bridgehead atoms. The van der Waals surface area contributed by atoms with E-state index in [9.17, 15) is 13.2 Å². The van der Waals surface area contributed by atoms with E-state index in [0.29, 0.717) is 6.42 Å². The second kappa shape index (κ2) is 3.74. The predicted molar refractivity (Wildman–Crippen MR) is 54.5 cm³/mol. The van der Waals surface area contributed by atoms with Crippen molar-refractivity contribution < 1.29 is 22.8 Å². The molecule has 1 aliphatic heterocycles. The van der Waals surface area contributed by atoms with Gasteiger partial charge in [0.2, 0.25) is 5.76 Å². The van der Waals surface area contributed by atoms with Crippen molar-refractivity contribution in [2.45, 2.75) is 12.3 Å². The van der Waals surface area contributed by atoms with Gasteiger partial charge < -0.3 is 9.63 Å². The molecule has 1 aromatic heterocycles. The summed E-state index contributed by atoms with van der Waals surface area (Å²) in [7, 11) is -3.10. The zero-order chi connectivity index (χ0) is 11.9. The largest absolute Gasteiger partial charge is 0.475 e. The Balaban J connectivity index is 2.41. The summed E-state index contributed by atoms with van der Waals surface area (Å²) in [5.74, 6) is -2.16. The van der Waals surface area contributed by atoms with Crippen molar-refractivity contribution in [3.05, 3.63) is 16.5 Å². The minimum Gasteiger partial charge on any atom is -0.475 e. The molecule has 2 rings (SSSR count). The molecule has 1 N–H and O–H groups in total.